The molecule has 4 fully saturated rings. The maximum absolute atomic E-state index is 14.1. The number of carboxylic acids is 1. The number of H-pyrrole nitrogens is 1. The van der Waals surface area contributed by atoms with Crippen LogP contribution in [-0.2, 0) is 41.7 Å². The average Bonchev–Trinajstić information content (AvgIpc) is 3.65. The predicted molar refractivity (Wildman–Crippen MR) is 169 cm³/mol. The second-order valence-electron chi connectivity index (χ2n) is 12.9. The zero-order valence-corrected chi connectivity index (χ0v) is 26.5. The van der Waals surface area contributed by atoms with Crippen molar-refractivity contribution in [3.63, 3.8) is 0 Å². The van der Waals surface area contributed by atoms with E-state index in [1.165, 1.54) is 4.90 Å². The number of likely N-dealkylation sites (N-methyl/N-ethyl adjacent to an activating group) is 1. The van der Waals surface area contributed by atoms with Gasteiger partial charge in [0.05, 0.1) is 6.10 Å². The SMILES string of the molecule is CN(Cc1ccccc1Cl)C(=O)C(Cc1c[nH]c2ccccc12)NC(=O)C1C[C@@H](O)CN1C(=O)C12CCC(C(=O)O)(CC1=O)C(=O)C2. The second kappa shape index (κ2) is 12.2. The van der Waals surface area contributed by atoms with Gasteiger partial charge in [0, 0.05) is 67.9 Å². The standard InChI is InChI=1S/C34H35ClN4O8/c1-38(17-19-6-2-4-8-23(19)35)30(44)25(12-20-16-36-24-9-5-3-7-22(20)24)37-29(43)26-13-21(40)18-39(26)31(45)33-10-11-34(32(46)47,15-27(33)41)28(42)14-33/h2-9,16,21,25-26,36,40H,10-15,17-18H2,1H3,(H,37,43)(H,46,47)/t21-,25?,26?,33?,34?/m1/s1. The molecule has 13 heteroatoms. The molecular formula is C34H35ClN4O8. The van der Waals surface area contributed by atoms with Crippen molar-refractivity contribution in [2.75, 3.05) is 13.6 Å². The molecule has 2 aromatic carbocycles. The van der Waals surface area contributed by atoms with Crippen LogP contribution in [-0.4, -0.2) is 92.0 Å². The first kappa shape index (κ1) is 32.4. The minimum Gasteiger partial charge on any atom is -0.480 e. The number of aliphatic hydroxyl groups excluding tert-OH is 1. The number of aromatic nitrogens is 1. The summed E-state index contributed by atoms with van der Waals surface area (Å²) in [6.45, 7) is -0.0836. The summed E-state index contributed by atoms with van der Waals surface area (Å²) in [7, 11) is 1.60. The summed E-state index contributed by atoms with van der Waals surface area (Å²) in [6.07, 6.45) is -0.801. The molecule has 1 saturated heterocycles. The van der Waals surface area contributed by atoms with Crippen LogP contribution in [0.1, 0.15) is 43.2 Å². The Morgan fingerprint density at radius 2 is 1.68 bits per heavy atom. The number of nitrogens with one attached hydrogen (secondary N) is 2. The van der Waals surface area contributed by atoms with Crippen LogP contribution in [0.25, 0.3) is 10.9 Å². The van der Waals surface area contributed by atoms with Gasteiger partial charge in [0.15, 0.2) is 5.78 Å². The lowest BCUT2D eigenvalue weighted by atomic mass is 9.52. The molecule has 4 aliphatic rings. The Hall–Kier alpha value is -4.55. The normalized spacial score (nSPS) is 26.0. The molecule has 3 amide bonds. The number of halogens is 1. The van der Waals surface area contributed by atoms with Crippen molar-refractivity contribution >= 4 is 57.8 Å². The highest BCUT2D eigenvalue weighted by Gasteiger charge is 2.66. The number of carboxylic acid groups (broad SMARTS) is 1. The zero-order valence-electron chi connectivity index (χ0n) is 25.7. The summed E-state index contributed by atoms with van der Waals surface area (Å²) in [5.41, 5.74) is -1.27. The zero-order chi connectivity index (χ0) is 33.7. The Morgan fingerprint density at radius 1 is 1.02 bits per heavy atom. The summed E-state index contributed by atoms with van der Waals surface area (Å²) >= 11 is 6.35. The van der Waals surface area contributed by atoms with Gasteiger partial charge in [0.25, 0.3) is 0 Å². The Kier molecular flexibility index (Phi) is 8.43. The third kappa shape index (κ3) is 5.59. The summed E-state index contributed by atoms with van der Waals surface area (Å²) in [5.74, 6) is -4.59. The van der Waals surface area contributed by atoms with Gasteiger partial charge in [-0.3, -0.25) is 28.8 Å². The lowest BCUT2D eigenvalue weighted by molar-refractivity contribution is -0.178. The number of carbonyl (C=O) groups is 6. The Labute approximate surface area is 275 Å². The van der Waals surface area contributed by atoms with Crippen molar-refractivity contribution in [1.29, 1.82) is 0 Å². The van der Waals surface area contributed by atoms with Crippen molar-refractivity contribution in [1.82, 2.24) is 20.1 Å². The third-order valence-electron chi connectivity index (χ3n) is 10.1. The van der Waals surface area contributed by atoms with Crippen LogP contribution in [0, 0.1) is 10.8 Å². The van der Waals surface area contributed by atoms with Gasteiger partial charge >= 0.3 is 5.97 Å². The highest BCUT2D eigenvalue weighted by Crippen LogP contribution is 2.54. The Bertz CT molecular complexity index is 1810. The van der Waals surface area contributed by atoms with Crippen LogP contribution in [0.2, 0.25) is 5.02 Å². The van der Waals surface area contributed by atoms with Gasteiger partial charge in [-0.05, 0) is 36.1 Å². The van der Waals surface area contributed by atoms with E-state index in [0.717, 1.165) is 21.4 Å². The maximum atomic E-state index is 14.1. The fourth-order valence-corrected chi connectivity index (χ4v) is 7.54. The van der Waals surface area contributed by atoms with Crippen molar-refractivity contribution in [3.8, 4) is 0 Å². The van der Waals surface area contributed by atoms with E-state index >= 15 is 0 Å². The molecular weight excluding hydrogens is 628 g/mol. The third-order valence-corrected chi connectivity index (χ3v) is 10.5. The number of fused-ring (bicyclic) bond motifs is 4. The number of amides is 3. The van der Waals surface area contributed by atoms with Crippen molar-refractivity contribution < 1.29 is 39.0 Å². The van der Waals surface area contributed by atoms with E-state index in [9.17, 15) is 39.0 Å². The van der Waals surface area contributed by atoms with Crippen LogP contribution >= 0.6 is 11.6 Å². The molecule has 3 aliphatic carbocycles. The maximum Gasteiger partial charge on any atom is 0.317 e. The van der Waals surface area contributed by atoms with Gasteiger partial charge in [0.2, 0.25) is 17.7 Å². The molecule has 7 rings (SSSR count). The predicted octanol–water partition coefficient (Wildman–Crippen LogP) is 2.25. The van der Waals surface area contributed by atoms with Gasteiger partial charge in [-0.2, -0.15) is 0 Å². The van der Waals surface area contributed by atoms with Gasteiger partial charge < -0.3 is 30.3 Å². The largest absolute Gasteiger partial charge is 0.480 e. The number of rotatable bonds is 9. The number of ketones is 2. The van der Waals surface area contributed by atoms with E-state index in [1.807, 2.05) is 24.3 Å². The first-order valence-electron chi connectivity index (χ1n) is 15.5. The van der Waals surface area contributed by atoms with E-state index in [2.05, 4.69) is 10.3 Å². The minimum atomic E-state index is -1.83. The minimum absolute atomic E-state index is 0.110. The van der Waals surface area contributed by atoms with E-state index in [-0.39, 0.29) is 38.8 Å². The highest BCUT2D eigenvalue weighted by molar-refractivity contribution is 6.31. The van der Waals surface area contributed by atoms with Gasteiger partial charge in [-0.1, -0.05) is 48.0 Å². The van der Waals surface area contributed by atoms with Crippen LogP contribution < -0.4 is 5.32 Å². The van der Waals surface area contributed by atoms with E-state index in [4.69, 9.17) is 11.6 Å². The molecule has 5 atom stereocenters. The molecule has 0 spiro atoms. The highest BCUT2D eigenvalue weighted by atomic mass is 35.5. The molecule has 0 radical (unpaired) electrons. The van der Waals surface area contributed by atoms with Crippen LogP contribution in [0.4, 0.5) is 0 Å². The first-order valence-corrected chi connectivity index (χ1v) is 15.9. The molecule has 1 aromatic heterocycles. The quantitative estimate of drug-likeness (QED) is 0.252. The molecule has 2 bridgehead atoms. The first-order chi connectivity index (χ1) is 22.4. The fraction of sp³-hybridized carbons (Fsp3) is 0.412. The summed E-state index contributed by atoms with van der Waals surface area (Å²) in [5, 5.41) is 24.5. The summed E-state index contributed by atoms with van der Waals surface area (Å²) < 4.78 is 0. The van der Waals surface area contributed by atoms with Crippen molar-refractivity contribution in [2.24, 2.45) is 10.8 Å². The Balaban J connectivity index is 1.26. The van der Waals surface area contributed by atoms with E-state index < -0.39 is 77.1 Å². The molecule has 2 heterocycles. The number of aliphatic hydroxyl groups is 1. The Morgan fingerprint density at radius 3 is 2.38 bits per heavy atom. The number of carbonyl (C=O) groups excluding carboxylic acids is 5. The van der Waals surface area contributed by atoms with Gasteiger partial charge in [-0.25, -0.2) is 0 Å². The molecule has 3 saturated carbocycles. The van der Waals surface area contributed by atoms with Crippen molar-refractivity contribution in [2.45, 2.75) is 63.3 Å². The number of aliphatic carboxylic acids is 1. The number of Topliss-reactive ketones (excluding diaryl/α,β-unsaturated/α-hetero) is 2. The number of nitrogens with zero attached hydrogens (tertiary/aromatic N) is 2. The van der Waals surface area contributed by atoms with Gasteiger partial charge in [-0.15, -0.1) is 0 Å². The molecule has 4 unspecified atom stereocenters. The molecule has 12 nitrogen and oxygen atoms in total. The topological polar surface area (TPSA) is 177 Å². The number of aromatic amines is 1. The molecule has 246 valence electrons. The van der Waals surface area contributed by atoms with Crippen LogP contribution in [0.3, 0.4) is 0 Å². The van der Waals surface area contributed by atoms with Crippen LogP contribution in [0.5, 0.6) is 0 Å². The lowest BCUT2D eigenvalue weighted by Crippen LogP contribution is -2.64. The number of β-amino-alcohol motifs (C(OH)–C–C–N with tert-alkyl or cyclic N) is 1. The number of benzene rings is 2. The molecule has 4 N–H and O–H groups in total. The van der Waals surface area contributed by atoms with Crippen molar-refractivity contribution in [3.05, 3.63) is 70.9 Å². The number of hydrogen-bond acceptors (Lipinski definition) is 7. The molecule has 47 heavy (non-hydrogen) atoms. The monoisotopic (exact) mass is 662 g/mol. The number of hydrogen-bond donors (Lipinski definition) is 4. The fourth-order valence-electron chi connectivity index (χ4n) is 7.35. The van der Waals surface area contributed by atoms with Crippen LogP contribution in [0.15, 0.2) is 54.7 Å². The number of para-hydroxylation sites is 1. The lowest BCUT2D eigenvalue weighted by Gasteiger charge is -2.48. The number of likely N-dealkylation sites (tertiary alicyclic amines) is 1. The summed E-state index contributed by atoms with van der Waals surface area (Å²) in [4.78, 5) is 85.9. The smallest absolute Gasteiger partial charge is 0.317 e. The van der Waals surface area contributed by atoms with E-state index in [0.29, 0.717) is 10.6 Å². The van der Waals surface area contributed by atoms with Gasteiger partial charge in [0.1, 0.15) is 28.7 Å². The molecule has 1 aliphatic heterocycles. The average molecular weight is 663 g/mol. The molecule has 3 aromatic rings. The second-order valence-corrected chi connectivity index (χ2v) is 13.3. The summed E-state index contributed by atoms with van der Waals surface area (Å²) in [6, 6.07) is 12.3. The van der Waals surface area contributed by atoms with E-state index in [1.54, 1.807) is 37.5 Å².